The van der Waals surface area contributed by atoms with Gasteiger partial charge in [0.15, 0.2) is 4.77 Å². The molecule has 3 N–H and O–H groups in total. The minimum Gasteiger partial charge on any atom is -0.368 e. The quantitative estimate of drug-likeness (QED) is 0.786. The number of H-pyrrole nitrogens is 1. The number of imidazole rings is 1. The standard InChI is InChI=1S/C10H10FN3OS/c1-5(9(12)15)14-8-3-2-6(11)4-7(8)13-10(14)16/h2-5H,1H3,(H2,12,15)(H,13,16). The SMILES string of the molecule is CC(C(N)=O)n1c(=S)[nH]c2cc(F)ccc21. The van der Waals surface area contributed by atoms with Crippen LogP contribution in [0.15, 0.2) is 18.2 Å². The summed E-state index contributed by atoms with van der Waals surface area (Å²) in [4.78, 5) is 14.0. The molecule has 1 unspecified atom stereocenters. The molecule has 16 heavy (non-hydrogen) atoms. The largest absolute Gasteiger partial charge is 0.368 e. The summed E-state index contributed by atoms with van der Waals surface area (Å²) in [7, 11) is 0. The van der Waals surface area contributed by atoms with Gasteiger partial charge in [0.25, 0.3) is 0 Å². The van der Waals surface area contributed by atoms with Crippen LogP contribution >= 0.6 is 12.2 Å². The van der Waals surface area contributed by atoms with E-state index in [0.29, 0.717) is 15.8 Å². The molecule has 2 aromatic rings. The van der Waals surface area contributed by atoms with Crippen LogP contribution in [0, 0.1) is 10.6 Å². The van der Waals surface area contributed by atoms with E-state index in [0.717, 1.165) is 0 Å². The molecular weight excluding hydrogens is 229 g/mol. The number of aromatic nitrogens is 2. The van der Waals surface area contributed by atoms with Crippen LogP contribution in [0.1, 0.15) is 13.0 Å². The van der Waals surface area contributed by atoms with E-state index in [4.69, 9.17) is 18.0 Å². The van der Waals surface area contributed by atoms with Crippen LogP contribution in [0.5, 0.6) is 0 Å². The first kappa shape index (κ1) is 10.8. The van der Waals surface area contributed by atoms with Gasteiger partial charge in [-0.1, -0.05) is 0 Å². The third-order valence-electron chi connectivity index (χ3n) is 2.48. The lowest BCUT2D eigenvalue weighted by atomic mass is 10.2. The van der Waals surface area contributed by atoms with E-state index < -0.39 is 11.9 Å². The predicted octanol–water partition coefficient (Wildman–Crippen LogP) is 1.88. The number of nitrogens with two attached hydrogens (primary N) is 1. The molecule has 1 aromatic heterocycles. The molecular formula is C10H10FN3OS. The minimum atomic E-state index is -0.563. The van der Waals surface area contributed by atoms with Gasteiger partial charge in [0, 0.05) is 0 Å². The van der Waals surface area contributed by atoms with Crippen molar-refractivity contribution in [2.45, 2.75) is 13.0 Å². The van der Waals surface area contributed by atoms with E-state index in [1.807, 2.05) is 0 Å². The van der Waals surface area contributed by atoms with Crippen molar-refractivity contribution in [1.82, 2.24) is 9.55 Å². The van der Waals surface area contributed by atoms with Gasteiger partial charge in [-0.05, 0) is 37.3 Å². The Balaban J connectivity index is 2.74. The first-order valence-corrected chi connectivity index (χ1v) is 5.10. The highest BCUT2D eigenvalue weighted by Gasteiger charge is 2.15. The van der Waals surface area contributed by atoms with Crippen molar-refractivity contribution in [2.24, 2.45) is 5.73 Å². The van der Waals surface area contributed by atoms with E-state index in [2.05, 4.69) is 4.98 Å². The number of rotatable bonds is 2. The number of benzene rings is 1. The van der Waals surface area contributed by atoms with E-state index in [9.17, 15) is 9.18 Å². The summed E-state index contributed by atoms with van der Waals surface area (Å²) in [6, 6.07) is 3.65. The molecule has 2 rings (SSSR count). The Morgan fingerprint density at radius 2 is 2.31 bits per heavy atom. The average Bonchev–Trinajstić information content (AvgIpc) is 2.51. The van der Waals surface area contributed by atoms with Crippen LogP contribution in [0.3, 0.4) is 0 Å². The molecule has 1 aromatic carbocycles. The van der Waals surface area contributed by atoms with Crippen molar-refractivity contribution in [3.05, 3.63) is 28.8 Å². The number of aromatic amines is 1. The van der Waals surface area contributed by atoms with Gasteiger partial charge in [0.05, 0.1) is 11.0 Å². The van der Waals surface area contributed by atoms with Gasteiger partial charge in [-0.25, -0.2) is 4.39 Å². The highest BCUT2D eigenvalue weighted by molar-refractivity contribution is 7.71. The number of primary amides is 1. The fourth-order valence-electron chi connectivity index (χ4n) is 1.62. The Hall–Kier alpha value is -1.69. The normalized spacial score (nSPS) is 12.9. The zero-order valence-electron chi connectivity index (χ0n) is 8.53. The maximum atomic E-state index is 13.0. The summed E-state index contributed by atoms with van der Waals surface area (Å²) in [6.45, 7) is 1.65. The van der Waals surface area contributed by atoms with Crippen molar-refractivity contribution >= 4 is 29.2 Å². The molecule has 0 saturated heterocycles. The van der Waals surface area contributed by atoms with Gasteiger partial charge in [-0.15, -0.1) is 0 Å². The molecule has 4 nitrogen and oxygen atoms in total. The molecule has 0 aliphatic heterocycles. The average molecular weight is 239 g/mol. The molecule has 1 atom stereocenters. The lowest BCUT2D eigenvalue weighted by Crippen LogP contribution is -2.23. The monoisotopic (exact) mass is 239 g/mol. The smallest absolute Gasteiger partial charge is 0.240 e. The van der Waals surface area contributed by atoms with Gasteiger partial charge in [0.1, 0.15) is 11.9 Å². The summed E-state index contributed by atoms with van der Waals surface area (Å²) < 4.78 is 14.9. The highest BCUT2D eigenvalue weighted by atomic mass is 32.1. The van der Waals surface area contributed by atoms with Crippen molar-refractivity contribution in [3.8, 4) is 0 Å². The van der Waals surface area contributed by atoms with Crippen LogP contribution in [0.2, 0.25) is 0 Å². The lowest BCUT2D eigenvalue weighted by Gasteiger charge is -2.09. The third-order valence-corrected chi connectivity index (χ3v) is 2.78. The van der Waals surface area contributed by atoms with Gasteiger partial charge in [0.2, 0.25) is 5.91 Å². The summed E-state index contributed by atoms with van der Waals surface area (Å²) in [5.74, 6) is -0.844. The topological polar surface area (TPSA) is 63.8 Å². The number of hydrogen-bond donors (Lipinski definition) is 2. The number of halogens is 1. The molecule has 0 bridgehead atoms. The number of fused-ring (bicyclic) bond motifs is 1. The maximum absolute atomic E-state index is 13.0. The second-order valence-electron chi connectivity index (χ2n) is 3.54. The first-order valence-electron chi connectivity index (χ1n) is 4.70. The first-order chi connectivity index (χ1) is 7.50. The fourth-order valence-corrected chi connectivity index (χ4v) is 1.98. The number of nitrogens with one attached hydrogen (secondary N) is 1. The summed E-state index contributed by atoms with van der Waals surface area (Å²) in [6.07, 6.45) is 0. The van der Waals surface area contributed by atoms with Gasteiger partial charge < -0.3 is 15.3 Å². The van der Waals surface area contributed by atoms with E-state index in [1.165, 1.54) is 12.1 Å². The fraction of sp³-hybridized carbons (Fsp3) is 0.200. The van der Waals surface area contributed by atoms with Crippen LogP contribution in [-0.2, 0) is 4.79 Å². The van der Waals surface area contributed by atoms with Crippen molar-refractivity contribution in [2.75, 3.05) is 0 Å². The Kier molecular flexibility index (Phi) is 2.51. The number of carbonyl (C=O) groups is 1. The van der Waals surface area contributed by atoms with Crippen LogP contribution < -0.4 is 5.73 Å². The Morgan fingerprint density at radius 1 is 1.62 bits per heavy atom. The predicted molar refractivity (Wildman–Crippen MR) is 61.0 cm³/mol. The van der Waals surface area contributed by atoms with Crippen molar-refractivity contribution < 1.29 is 9.18 Å². The number of nitrogens with zero attached hydrogens (tertiary/aromatic N) is 1. The van der Waals surface area contributed by atoms with E-state index >= 15 is 0 Å². The van der Waals surface area contributed by atoms with E-state index in [-0.39, 0.29) is 5.82 Å². The van der Waals surface area contributed by atoms with E-state index in [1.54, 1.807) is 17.6 Å². The molecule has 0 aliphatic carbocycles. The minimum absolute atomic E-state index is 0.354. The molecule has 1 heterocycles. The molecule has 0 aliphatic rings. The molecule has 84 valence electrons. The van der Waals surface area contributed by atoms with Crippen LogP contribution in [-0.4, -0.2) is 15.5 Å². The maximum Gasteiger partial charge on any atom is 0.240 e. The van der Waals surface area contributed by atoms with Crippen molar-refractivity contribution in [3.63, 3.8) is 0 Å². The number of carbonyl (C=O) groups excluding carboxylic acids is 1. The Labute approximate surface area is 95.9 Å². The number of hydrogen-bond acceptors (Lipinski definition) is 2. The molecule has 0 radical (unpaired) electrons. The molecule has 0 saturated carbocycles. The highest BCUT2D eigenvalue weighted by Crippen LogP contribution is 2.19. The molecule has 6 heteroatoms. The molecule has 0 spiro atoms. The Morgan fingerprint density at radius 3 is 2.94 bits per heavy atom. The molecule has 0 fully saturated rings. The molecule has 1 amide bonds. The second-order valence-corrected chi connectivity index (χ2v) is 3.93. The zero-order chi connectivity index (χ0) is 11.9. The van der Waals surface area contributed by atoms with Gasteiger partial charge in [-0.2, -0.15) is 0 Å². The van der Waals surface area contributed by atoms with Gasteiger partial charge >= 0.3 is 0 Å². The lowest BCUT2D eigenvalue weighted by molar-refractivity contribution is -0.120. The summed E-state index contributed by atoms with van der Waals surface area (Å²) in [5.41, 5.74) is 6.44. The van der Waals surface area contributed by atoms with Crippen molar-refractivity contribution in [1.29, 1.82) is 0 Å². The van der Waals surface area contributed by atoms with Crippen LogP contribution in [0.25, 0.3) is 11.0 Å². The summed E-state index contributed by atoms with van der Waals surface area (Å²) in [5, 5.41) is 0. The second kappa shape index (κ2) is 3.71. The van der Waals surface area contributed by atoms with Crippen LogP contribution in [0.4, 0.5) is 4.39 Å². The Bertz CT molecular complexity index is 616. The summed E-state index contributed by atoms with van der Waals surface area (Å²) >= 11 is 5.07. The third kappa shape index (κ3) is 1.61. The zero-order valence-corrected chi connectivity index (χ0v) is 9.34. The van der Waals surface area contributed by atoms with Gasteiger partial charge in [-0.3, -0.25) is 4.79 Å². The number of amides is 1.